The molecule has 2 aromatic carbocycles. The number of ether oxygens (including phenoxy) is 4. The molecule has 0 unspecified atom stereocenters. The zero-order valence-corrected chi connectivity index (χ0v) is 19.7. The number of hydrogen-bond acceptors (Lipinski definition) is 7. The van der Waals surface area contributed by atoms with Gasteiger partial charge in [0.05, 0.1) is 24.3 Å². The number of carbonyl (C=O) groups excluding carboxylic acids is 2. The van der Waals surface area contributed by atoms with Crippen LogP contribution in [0.1, 0.15) is 43.4 Å². The average Bonchev–Trinajstić information content (AvgIpc) is 3.49. The number of likely N-dealkylation sites (tertiary alicyclic amines) is 1. The second-order valence-electron chi connectivity index (χ2n) is 8.86. The molecule has 1 N–H and O–H groups in total. The summed E-state index contributed by atoms with van der Waals surface area (Å²) >= 11 is 0. The Bertz CT molecular complexity index is 1130. The van der Waals surface area contributed by atoms with Crippen molar-refractivity contribution in [1.82, 2.24) is 4.90 Å². The molecule has 3 aliphatic heterocycles. The Hall–Kier alpha value is -3.52. The van der Waals surface area contributed by atoms with Gasteiger partial charge in [0.25, 0.3) is 11.7 Å². The van der Waals surface area contributed by atoms with E-state index in [2.05, 4.69) is 0 Å². The first kappa shape index (κ1) is 23.2. The highest BCUT2D eigenvalue weighted by Crippen LogP contribution is 2.42. The second-order valence-corrected chi connectivity index (χ2v) is 8.86. The Kier molecular flexibility index (Phi) is 6.63. The minimum absolute atomic E-state index is 0.0481. The van der Waals surface area contributed by atoms with Crippen LogP contribution in [0.4, 0.5) is 0 Å². The number of aliphatic hydroxyl groups excluding tert-OH is 1. The molecule has 0 aromatic heterocycles. The lowest BCUT2D eigenvalue weighted by Crippen LogP contribution is -2.36. The van der Waals surface area contributed by atoms with Crippen LogP contribution in [0.15, 0.2) is 48.0 Å². The lowest BCUT2D eigenvalue weighted by molar-refractivity contribution is -0.140. The summed E-state index contributed by atoms with van der Waals surface area (Å²) in [4.78, 5) is 27.9. The van der Waals surface area contributed by atoms with Gasteiger partial charge in [0, 0.05) is 18.7 Å². The number of Topliss-reactive ketones (excluding diaryl/α,β-unsaturated/α-hetero) is 1. The number of benzene rings is 2. The standard InChI is InChI=1S/C27H29NO7/c1-2-11-32-19-8-5-17(6-9-19)24-23(26(30)27(31)28(24)16-20-4-3-12-33-20)25(29)18-7-10-21-22(15-18)35-14-13-34-21/h5-10,15,20,24,29H,2-4,11-14,16H2,1H3/t20-,24+/m1/s1. The number of carbonyl (C=O) groups is 2. The van der Waals surface area contributed by atoms with Crippen molar-refractivity contribution in [2.75, 3.05) is 33.0 Å². The monoisotopic (exact) mass is 479 g/mol. The second kappa shape index (κ2) is 10.00. The molecule has 0 aliphatic carbocycles. The van der Waals surface area contributed by atoms with Crippen LogP contribution in [0.3, 0.4) is 0 Å². The largest absolute Gasteiger partial charge is 0.507 e. The summed E-state index contributed by atoms with van der Waals surface area (Å²) in [6.45, 7) is 4.40. The van der Waals surface area contributed by atoms with Gasteiger partial charge in [-0.25, -0.2) is 0 Å². The molecule has 2 saturated heterocycles. The van der Waals surface area contributed by atoms with E-state index in [0.717, 1.165) is 19.3 Å². The van der Waals surface area contributed by atoms with Gasteiger partial charge in [0.1, 0.15) is 24.7 Å². The van der Waals surface area contributed by atoms with E-state index in [9.17, 15) is 14.7 Å². The molecule has 35 heavy (non-hydrogen) atoms. The number of rotatable bonds is 7. The molecule has 2 atom stereocenters. The van der Waals surface area contributed by atoms with Crippen molar-refractivity contribution in [1.29, 1.82) is 0 Å². The average molecular weight is 480 g/mol. The first-order valence-electron chi connectivity index (χ1n) is 12.1. The highest BCUT2D eigenvalue weighted by Gasteiger charge is 2.47. The Morgan fingerprint density at radius 3 is 2.54 bits per heavy atom. The Balaban J connectivity index is 1.55. The molecule has 5 rings (SSSR count). The van der Waals surface area contributed by atoms with Gasteiger partial charge in [0.2, 0.25) is 0 Å². The van der Waals surface area contributed by atoms with Crippen molar-refractivity contribution in [2.24, 2.45) is 0 Å². The summed E-state index contributed by atoms with van der Waals surface area (Å²) in [7, 11) is 0. The SMILES string of the molecule is CCCOc1ccc([C@H]2C(=C(O)c3ccc4c(c3)OCCO4)C(=O)C(=O)N2C[C@H]2CCCO2)cc1. The van der Waals surface area contributed by atoms with Crippen molar-refractivity contribution < 1.29 is 33.6 Å². The van der Waals surface area contributed by atoms with E-state index < -0.39 is 17.7 Å². The Labute approximate surface area is 204 Å². The molecule has 0 radical (unpaired) electrons. The van der Waals surface area contributed by atoms with Gasteiger partial charge >= 0.3 is 0 Å². The minimum Gasteiger partial charge on any atom is -0.507 e. The van der Waals surface area contributed by atoms with Crippen LogP contribution >= 0.6 is 0 Å². The number of ketones is 1. The lowest BCUT2D eigenvalue weighted by atomic mass is 9.95. The van der Waals surface area contributed by atoms with Crippen molar-refractivity contribution in [3.05, 3.63) is 59.2 Å². The predicted octanol–water partition coefficient (Wildman–Crippen LogP) is 3.85. The van der Waals surface area contributed by atoms with E-state index in [1.165, 1.54) is 4.90 Å². The first-order valence-corrected chi connectivity index (χ1v) is 12.1. The van der Waals surface area contributed by atoms with E-state index in [-0.39, 0.29) is 24.0 Å². The van der Waals surface area contributed by atoms with Crippen molar-refractivity contribution >= 4 is 17.4 Å². The summed E-state index contributed by atoms with van der Waals surface area (Å²) < 4.78 is 22.7. The molecule has 2 fully saturated rings. The molecule has 3 aliphatic rings. The lowest BCUT2D eigenvalue weighted by Gasteiger charge is -2.27. The summed E-state index contributed by atoms with van der Waals surface area (Å²) in [5.41, 5.74) is 1.15. The molecule has 0 bridgehead atoms. The van der Waals surface area contributed by atoms with Crippen LogP contribution in [0.5, 0.6) is 17.2 Å². The molecule has 0 spiro atoms. The third-order valence-electron chi connectivity index (χ3n) is 6.45. The van der Waals surface area contributed by atoms with Crippen LogP contribution < -0.4 is 14.2 Å². The van der Waals surface area contributed by atoms with Gasteiger partial charge < -0.3 is 29.0 Å². The van der Waals surface area contributed by atoms with E-state index in [1.807, 2.05) is 31.2 Å². The summed E-state index contributed by atoms with van der Waals surface area (Å²) in [6, 6.07) is 11.6. The molecule has 2 aromatic rings. The van der Waals surface area contributed by atoms with Crippen LogP contribution in [0.25, 0.3) is 5.76 Å². The molecule has 3 heterocycles. The smallest absolute Gasteiger partial charge is 0.295 e. The van der Waals surface area contributed by atoms with Gasteiger partial charge in [-0.1, -0.05) is 19.1 Å². The van der Waals surface area contributed by atoms with Crippen LogP contribution in [0, 0.1) is 0 Å². The van der Waals surface area contributed by atoms with Crippen molar-refractivity contribution in [3.63, 3.8) is 0 Å². The van der Waals surface area contributed by atoms with Crippen LogP contribution in [0.2, 0.25) is 0 Å². The van der Waals surface area contributed by atoms with Crippen LogP contribution in [-0.4, -0.2) is 60.8 Å². The zero-order valence-electron chi connectivity index (χ0n) is 19.7. The van der Waals surface area contributed by atoms with Gasteiger partial charge in [-0.15, -0.1) is 0 Å². The molecule has 0 saturated carbocycles. The Morgan fingerprint density at radius 1 is 1.06 bits per heavy atom. The summed E-state index contributed by atoms with van der Waals surface area (Å²) in [5, 5.41) is 11.3. The van der Waals surface area contributed by atoms with E-state index >= 15 is 0 Å². The number of amides is 1. The van der Waals surface area contributed by atoms with Gasteiger partial charge in [-0.05, 0) is 55.2 Å². The first-order chi connectivity index (χ1) is 17.1. The highest BCUT2D eigenvalue weighted by molar-refractivity contribution is 6.46. The van der Waals surface area contributed by atoms with E-state index in [1.54, 1.807) is 18.2 Å². The van der Waals surface area contributed by atoms with Gasteiger partial charge in [-0.2, -0.15) is 0 Å². The van der Waals surface area contributed by atoms with E-state index in [4.69, 9.17) is 18.9 Å². The number of fused-ring (bicyclic) bond motifs is 1. The topological polar surface area (TPSA) is 94.5 Å². The van der Waals surface area contributed by atoms with Gasteiger partial charge in [0.15, 0.2) is 11.5 Å². The maximum Gasteiger partial charge on any atom is 0.295 e. The minimum atomic E-state index is -0.743. The molecular formula is C27H29NO7. The third-order valence-corrected chi connectivity index (χ3v) is 6.45. The Morgan fingerprint density at radius 2 is 1.83 bits per heavy atom. The number of nitrogens with zero attached hydrogens (tertiary/aromatic N) is 1. The molecule has 8 nitrogen and oxygen atoms in total. The third kappa shape index (κ3) is 4.58. The molecule has 184 valence electrons. The van der Waals surface area contributed by atoms with E-state index in [0.29, 0.717) is 54.8 Å². The fraction of sp³-hybridized carbons (Fsp3) is 0.407. The number of hydrogen-bond donors (Lipinski definition) is 1. The molecule has 1 amide bonds. The van der Waals surface area contributed by atoms with Crippen LogP contribution in [-0.2, 0) is 14.3 Å². The maximum absolute atomic E-state index is 13.3. The fourth-order valence-corrected chi connectivity index (χ4v) is 4.74. The van der Waals surface area contributed by atoms with Gasteiger partial charge in [-0.3, -0.25) is 9.59 Å². The summed E-state index contributed by atoms with van der Waals surface area (Å²) in [5.74, 6) is 0.168. The molecule has 8 heteroatoms. The molecular weight excluding hydrogens is 450 g/mol. The van der Waals surface area contributed by atoms with Crippen molar-refractivity contribution in [3.8, 4) is 17.2 Å². The maximum atomic E-state index is 13.3. The number of aliphatic hydroxyl groups is 1. The summed E-state index contributed by atoms with van der Waals surface area (Å²) in [6.07, 6.45) is 2.48. The fourth-order valence-electron chi connectivity index (χ4n) is 4.74. The van der Waals surface area contributed by atoms with Crippen molar-refractivity contribution in [2.45, 2.75) is 38.3 Å². The predicted molar refractivity (Wildman–Crippen MR) is 128 cm³/mol. The normalized spacial score (nSPS) is 23.1. The zero-order chi connectivity index (χ0) is 24.4. The highest BCUT2D eigenvalue weighted by atomic mass is 16.6. The quantitative estimate of drug-likeness (QED) is 0.366.